The van der Waals surface area contributed by atoms with Gasteiger partial charge >= 0.3 is 0 Å². The third kappa shape index (κ3) is 4.66. The Bertz CT molecular complexity index is 842. The summed E-state index contributed by atoms with van der Waals surface area (Å²) in [6.45, 7) is 5.89. The first-order valence-corrected chi connectivity index (χ1v) is 11.0. The van der Waals surface area contributed by atoms with Crippen molar-refractivity contribution in [2.45, 2.75) is 57.9 Å². The number of piperidine rings is 2. The molecule has 0 radical (unpaired) electrons. The van der Waals surface area contributed by atoms with Crippen LogP contribution in [-0.4, -0.2) is 61.4 Å². The molecule has 1 atom stereocenters. The van der Waals surface area contributed by atoms with Crippen molar-refractivity contribution in [3.8, 4) is 11.5 Å². The molecule has 0 unspecified atom stereocenters. The van der Waals surface area contributed by atoms with Gasteiger partial charge in [0.05, 0.1) is 11.7 Å². The van der Waals surface area contributed by atoms with Gasteiger partial charge in [0, 0.05) is 39.0 Å². The predicted octanol–water partition coefficient (Wildman–Crippen LogP) is 3.12. The number of nitrogens with zero attached hydrogens (tertiary/aromatic N) is 6. The molecule has 4 rings (SSSR count). The summed E-state index contributed by atoms with van der Waals surface area (Å²) in [7, 11) is 1.97. The zero-order valence-corrected chi connectivity index (χ0v) is 17.7. The second-order valence-electron chi connectivity index (χ2n) is 8.34. The van der Waals surface area contributed by atoms with E-state index in [4.69, 9.17) is 4.98 Å². The second-order valence-corrected chi connectivity index (χ2v) is 8.34. The van der Waals surface area contributed by atoms with Gasteiger partial charge < -0.3 is 14.4 Å². The summed E-state index contributed by atoms with van der Waals surface area (Å²) in [6.07, 6.45) is 11.3. The molecule has 2 aliphatic rings. The molecule has 1 amide bonds. The molecule has 0 aliphatic carbocycles. The fourth-order valence-corrected chi connectivity index (χ4v) is 4.61. The average molecular weight is 397 g/mol. The van der Waals surface area contributed by atoms with E-state index in [-0.39, 0.29) is 11.9 Å². The van der Waals surface area contributed by atoms with Crippen LogP contribution in [0.3, 0.4) is 0 Å². The molecule has 2 aromatic heterocycles. The lowest BCUT2D eigenvalue weighted by Crippen LogP contribution is -2.41. The van der Waals surface area contributed by atoms with Crippen LogP contribution in [0.5, 0.6) is 0 Å². The molecule has 0 N–H and O–H groups in total. The number of hydrogen-bond acceptors (Lipinski definition) is 5. The van der Waals surface area contributed by atoms with Crippen LogP contribution in [0.2, 0.25) is 0 Å². The molecule has 29 heavy (non-hydrogen) atoms. The lowest BCUT2D eigenvalue weighted by atomic mass is 9.98. The number of carbonyl (C=O) groups excluding carboxylic acids is 1. The highest BCUT2D eigenvalue weighted by Gasteiger charge is 2.30. The summed E-state index contributed by atoms with van der Waals surface area (Å²) in [4.78, 5) is 31.4. The van der Waals surface area contributed by atoms with Crippen LogP contribution < -0.4 is 0 Å². The van der Waals surface area contributed by atoms with E-state index in [0.29, 0.717) is 6.42 Å². The summed E-state index contributed by atoms with van der Waals surface area (Å²) >= 11 is 0. The molecule has 2 aromatic rings. The van der Waals surface area contributed by atoms with Crippen LogP contribution in [-0.2, 0) is 11.8 Å². The highest BCUT2D eigenvalue weighted by molar-refractivity contribution is 5.77. The maximum Gasteiger partial charge on any atom is 0.224 e. The van der Waals surface area contributed by atoms with Crippen LogP contribution >= 0.6 is 0 Å². The van der Waals surface area contributed by atoms with Crippen molar-refractivity contribution in [1.29, 1.82) is 0 Å². The van der Waals surface area contributed by atoms with Crippen molar-refractivity contribution >= 4 is 5.91 Å². The summed E-state index contributed by atoms with van der Waals surface area (Å²) < 4.78 is 1.97. The number of amides is 1. The van der Waals surface area contributed by atoms with E-state index in [9.17, 15) is 4.79 Å². The molecule has 0 aromatic carbocycles. The molecule has 0 spiro atoms. The molecule has 2 saturated heterocycles. The third-order valence-electron chi connectivity index (χ3n) is 6.16. The summed E-state index contributed by atoms with van der Waals surface area (Å²) in [6, 6.07) is 2.06. The van der Waals surface area contributed by atoms with Gasteiger partial charge in [0.1, 0.15) is 11.5 Å². The largest absolute Gasteiger partial charge is 0.334 e. The van der Waals surface area contributed by atoms with E-state index >= 15 is 0 Å². The van der Waals surface area contributed by atoms with Crippen molar-refractivity contribution in [3.63, 3.8) is 0 Å². The quantitative estimate of drug-likeness (QED) is 0.777. The Balaban J connectivity index is 1.51. The molecule has 156 valence electrons. The Kier molecular flexibility index (Phi) is 6.23. The number of rotatable bonds is 5. The number of likely N-dealkylation sites (tertiary alicyclic amines) is 2. The first-order chi connectivity index (χ1) is 14.1. The van der Waals surface area contributed by atoms with Gasteiger partial charge in [0.2, 0.25) is 5.91 Å². The van der Waals surface area contributed by atoms with Crippen molar-refractivity contribution < 1.29 is 4.79 Å². The SMILES string of the molecule is Cc1nc(-c2nccn2C)cc([C@@H]2CCCCN2C(=O)CCN2CCCCC2)n1. The van der Waals surface area contributed by atoms with Gasteiger partial charge in [-0.2, -0.15) is 0 Å². The van der Waals surface area contributed by atoms with Crippen molar-refractivity contribution in [2.24, 2.45) is 7.05 Å². The molecule has 7 heteroatoms. The van der Waals surface area contributed by atoms with E-state index in [1.54, 1.807) is 6.20 Å². The first kappa shape index (κ1) is 20.0. The van der Waals surface area contributed by atoms with Gasteiger partial charge in [-0.25, -0.2) is 15.0 Å². The van der Waals surface area contributed by atoms with Crippen molar-refractivity contribution in [3.05, 3.63) is 30.0 Å². The van der Waals surface area contributed by atoms with Crippen molar-refractivity contribution in [1.82, 2.24) is 29.3 Å². The Morgan fingerprint density at radius 2 is 1.90 bits per heavy atom. The minimum Gasteiger partial charge on any atom is -0.334 e. The molecule has 0 bridgehead atoms. The second kappa shape index (κ2) is 9.03. The van der Waals surface area contributed by atoms with Gasteiger partial charge in [0.25, 0.3) is 0 Å². The van der Waals surface area contributed by atoms with Crippen LogP contribution in [0.25, 0.3) is 11.5 Å². The van der Waals surface area contributed by atoms with Gasteiger partial charge in [-0.1, -0.05) is 6.42 Å². The van der Waals surface area contributed by atoms with E-state index < -0.39 is 0 Å². The zero-order chi connectivity index (χ0) is 20.2. The van der Waals surface area contributed by atoms with E-state index in [2.05, 4.69) is 19.8 Å². The van der Waals surface area contributed by atoms with Crippen LogP contribution in [0, 0.1) is 6.92 Å². The summed E-state index contributed by atoms with van der Waals surface area (Å²) in [5.74, 6) is 1.82. The highest BCUT2D eigenvalue weighted by atomic mass is 16.2. The van der Waals surface area contributed by atoms with Gasteiger partial charge in [-0.05, 0) is 58.2 Å². The van der Waals surface area contributed by atoms with Crippen molar-refractivity contribution in [2.75, 3.05) is 26.2 Å². The minimum absolute atomic E-state index is 0.0401. The van der Waals surface area contributed by atoms with Gasteiger partial charge in [-0.3, -0.25) is 4.79 Å². The highest BCUT2D eigenvalue weighted by Crippen LogP contribution is 2.32. The number of aryl methyl sites for hydroxylation is 2. The van der Waals surface area contributed by atoms with E-state index in [1.807, 2.05) is 30.8 Å². The zero-order valence-electron chi connectivity index (χ0n) is 17.7. The predicted molar refractivity (Wildman–Crippen MR) is 112 cm³/mol. The first-order valence-electron chi connectivity index (χ1n) is 11.0. The van der Waals surface area contributed by atoms with Crippen LogP contribution in [0.4, 0.5) is 0 Å². The smallest absolute Gasteiger partial charge is 0.224 e. The van der Waals surface area contributed by atoms with E-state index in [0.717, 1.165) is 68.5 Å². The van der Waals surface area contributed by atoms with Crippen LogP contribution in [0.1, 0.15) is 62.5 Å². The number of imidazole rings is 1. The lowest BCUT2D eigenvalue weighted by molar-refractivity contribution is -0.135. The molecular weight excluding hydrogens is 364 g/mol. The molecular formula is C22H32N6O. The molecule has 4 heterocycles. The Morgan fingerprint density at radius 1 is 1.10 bits per heavy atom. The fraction of sp³-hybridized carbons (Fsp3) is 0.636. The number of hydrogen-bond donors (Lipinski definition) is 0. The summed E-state index contributed by atoms with van der Waals surface area (Å²) in [5.41, 5.74) is 1.77. The monoisotopic (exact) mass is 396 g/mol. The molecule has 7 nitrogen and oxygen atoms in total. The number of carbonyl (C=O) groups is 1. The average Bonchev–Trinajstić information content (AvgIpc) is 3.18. The van der Waals surface area contributed by atoms with Crippen LogP contribution in [0.15, 0.2) is 18.5 Å². The summed E-state index contributed by atoms with van der Waals surface area (Å²) in [5, 5.41) is 0. The molecule has 2 fully saturated rings. The van der Waals surface area contributed by atoms with E-state index in [1.165, 1.54) is 19.3 Å². The van der Waals surface area contributed by atoms with Gasteiger partial charge in [-0.15, -0.1) is 0 Å². The topological polar surface area (TPSA) is 67.2 Å². The third-order valence-corrected chi connectivity index (χ3v) is 6.16. The normalized spacial score (nSPS) is 20.8. The Morgan fingerprint density at radius 3 is 2.66 bits per heavy atom. The number of aromatic nitrogens is 4. The standard InChI is InChI=1S/C22H32N6O/c1-17-24-18(16-19(25-17)22-23-10-15-26(22)2)20-8-4-7-13-28(20)21(29)9-14-27-11-5-3-6-12-27/h10,15-16,20H,3-9,11-14H2,1-2H3/t20-/m0/s1. The molecule has 2 aliphatic heterocycles. The molecule has 0 saturated carbocycles. The lowest BCUT2D eigenvalue weighted by Gasteiger charge is -2.36. The fourth-order valence-electron chi connectivity index (χ4n) is 4.61. The minimum atomic E-state index is 0.0401. The maximum atomic E-state index is 13.1. The maximum absolute atomic E-state index is 13.1. The Hall–Kier alpha value is -2.28. The van der Waals surface area contributed by atoms with Gasteiger partial charge in [0.15, 0.2) is 5.82 Å². The Labute approximate surface area is 173 Å².